The fourth-order valence-corrected chi connectivity index (χ4v) is 2.67. The van der Waals surface area contributed by atoms with Gasteiger partial charge in [0.25, 0.3) is 11.8 Å². The molecule has 0 bridgehead atoms. The Labute approximate surface area is 152 Å². The molecule has 0 spiro atoms. The summed E-state index contributed by atoms with van der Waals surface area (Å²) in [6, 6.07) is -0.661. The maximum Gasteiger partial charge on any atom is 0.264 e. The summed E-state index contributed by atoms with van der Waals surface area (Å²) in [5, 5.41) is 7.62. The molecule has 2 rings (SSSR count). The van der Waals surface area contributed by atoms with Crippen molar-refractivity contribution in [3.63, 3.8) is 0 Å². The van der Waals surface area contributed by atoms with E-state index in [1.54, 1.807) is 11.8 Å². The van der Waals surface area contributed by atoms with Crippen LogP contribution in [0.3, 0.4) is 0 Å². The van der Waals surface area contributed by atoms with Crippen molar-refractivity contribution in [2.45, 2.75) is 38.2 Å². The van der Waals surface area contributed by atoms with Gasteiger partial charge in [-0.15, -0.1) is 6.58 Å². The van der Waals surface area contributed by atoms with Crippen LogP contribution < -0.4 is 5.73 Å². The van der Waals surface area contributed by atoms with Gasteiger partial charge >= 0.3 is 0 Å². The third-order valence-corrected chi connectivity index (χ3v) is 4.71. The normalized spacial score (nSPS) is 25.0. The Morgan fingerprint density at radius 1 is 1.50 bits per heavy atom. The molecule has 2 aliphatic rings. The zero-order chi connectivity index (χ0) is 19.3. The Kier molecular flexibility index (Phi) is 6.63. The van der Waals surface area contributed by atoms with Gasteiger partial charge in [0, 0.05) is 25.6 Å². The van der Waals surface area contributed by atoms with Gasteiger partial charge in [-0.3, -0.25) is 15.1 Å². The summed E-state index contributed by atoms with van der Waals surface area (Å²) in [5.41, 5.74) is 5.69. The molecule has 1 heterocycles. The quantitative estimate of drug-likeness (QED) is 0.410. The number of amidine groups is 1. The molecule has 1 saturated carbocycles. The van der Waals surface area contributed by atoms with Gasteiger partial charge in [-0.2, -0.15) is 4.99 Å². The zero-order valence-corrected chi connectivity index (χ0v) is 15.0. The third kappa shape index (κ3) is 5.72. The second kappa shape index (κ2) is 8.53. The largest absolute Gasteiger partial charge is 0.478 e. The number of carbonyl (C=O) groups excluding carboxylic acids is 1. The van der Waals surface area contributed by atoms with Crippen LogP contribution >= 0.6 is 0 Å². The predicted molar refractivity (Wildman–Crippen MR) is 96.5 cm³/mol. The van der Waals surface area contributed by atoms with E-state index in [4.69, 9.17) is 15.9 Å². The van der Waals surface area contributed by atoms with Crippen LogP contribution in [-0.4, -0.2) is 54.2 Å². The summed E-state index contributed by atoms with van der Waals surface area (Å²) < 4.78 is 32.7. The highest BCUT2D eigenvalue weighted by atomic mass is 19.3. The van der Waals surface area contributed by atoms with Crippen molar-refractivity contribution in [3.05, 3.63) is 24.8 Å². The van der Waals surface area contributed by atoms with Crippen LogP contribution in [0.4, 0.5) is 8.78 Å². The fraction of sp³-hybridized carbons (Fsp3) is 0.611. The van der Waals surface area contributed by atoms with Crippen LogP contribution in [0.25, 0.3) is 0 Å². The number of nitrogens with zero attached hydrogens (tertiary/aromatic N) is 2. The van der Waals surface area contributed by atoms with E-state index in [1.807, 2.05) is 0 Å². The van der Waals surface area contributed by atoms with Crippen LogP contribution in [0.15, 0.2) is 29.8 Å². The minimum absolute atomic E-state index is 0.0392. The Hall–Kier alpha value is -2.09. The Balaban J connectivity index is 1.87. The van der Waals surface area contributed by atoms with Crippen molar-refractivity contribution in [2.24, 2.45) is 22.6 Å². The lowest BCUT2D eigenvalue weighted by atomic mass is 9.92. The number of nitrogens with one attached hydrogen (secondary N) is 1. The Bertz CT molecular complexity index is 614. The summed E-state index contributed by atoms with van der Waals surface area (Å²) in [6.07, 6.45) is 5.84. The van der Waals surface area contributed by atoms with Gasteiger partial charge < -0.3 is 10.5 Å². The summed E-state index contributed by atoms with van der Waals surface area (Å²) in [6.45, 7) is 5.75. The highest BCUT2D eigenvalue weighted by Crippen LogP contribution is 2.34. The topological polar surface area (TPSA) is 91.8 Å². The smallest absolute Gasteiger partial charge is 0.264 e. The molecule has 1 amide bonds. The first kappa shape index (κ1) is 20.2. The van der Waals surface area contributed by atoms with Gasteiger partial charge in [0.2, 0.25) is 5.90 Å². The van der Waals surface area contributed by atoms with E-state index in [2.05, 4.69) is 11.6 Å². The van der Waals surface area contributed by atoms with E-state index in [0.717, 1.165) is 12.8 Å². The van der Waals surface area contributed by atoms with Gasteiger partial charge in [-0.05, 0) is 31.8 Å². The number of ether oxygens (including phenoxy) is 1. The Morgan fingerprint density at radius 2 is 2.19 bits per heavy atom. The number of rotatable bonds is 7. The van der Waals surface area contributed by atoms with E-state index in [-0.39, 0.29) is 31.2 Å². The van der Waals surface area contributed by atoms with Crippen LogP contribution in [0.5, 0.6) is 0 Å². The molecule has 0 unspecified atom stereocenters. The van der Waals surface area contributed by atoms with Crippen molar-refractivity contribution < 1.29 is 18.3 Å². The molecule has 3 N–H and O–H groups in total. The minimum Gasteiger partial charge on any atom is -0.478 e. The first-order valence-electron chi connectivity index (χ1n) is 8.74. The maximum atomic E-state index is 13.7. The molecule has 0 aromatic rings. The molecule has 1 saturated heterocycles. The van der Waals surface area contributed by atoms with Crippen molar-refractivity contribution >= 4 is 17.6 Å². The first-order chi connectivity index (χ1) is 12.2. The number of amides is 1. The Morgan fingerprint density at radius 3 is 2.81 bits per heavy atom. The average molecular weight is 368 g/mol. The minimum atomic E-state index is -2.80. The van der Waals surface area contributed by atoms with Gasteiger partial charge in [-0.25, -0.2) is 8.78 Å². The number of nitrogens with two attached hydrogens (primary N) is 1. The third-order valence-electron chi connectivity index (χ3n) is 4.71. The van der Waals surface area contributed by atoms with Crippen LogP contribution in [0.1, 0.15) is 26.2 Å². The standard InChI is InChI=1S/C18H26F2N4O2/c1-3-14-10-24(9-8-18(14,19)20)12(2)17(25)23-15(21)6-7-16(22)26-11-13-4-5-13/h3,6-7,12-14,22H,1,4-5,8-11H2,2H3,(H2,21,23,25)/b7-6-,22-16?/t12-,14-/m0/s1. The number of halogens is 2. The molecule has 0 radical (unpaired) electrons. The highest BCUT2D eigenvalue weighted by molar-refractivity contribution is 6.04. The average Bonchev–Trinajstić information content (AvgIpc) is 3.41. The number of piperidine rings is 1. The second-order valence-corrected chi connectivity index (χ2v) is 6.85. The molecule has 0 aromatic heterocycles. The lowest BCUT2D eigenvalue weighted by molar-refractivity contribution is -0.129. The predicted octanol–water partition coefficient (Wildman–Crippen LogP) is 2.36. The first-order valence-corrected chi connectivity index (χ1v) is 8.74. The molecule has 0 aromatic carbocycles. The number of likely N-dealkylation sites (tertiary alicyclic amines) is 1. The number of hydrogen-bond acceptors (Lipinski definition) is 4. The van der Waals surface area contributed by atoms with E-state index < -0.39 is 23.8 Å². The number of alkyl halides is 2. The summed E-state index contributed by atoms with van der Waals surface area (Å²) in [4.78, 5) is 17.7. The van der Waals surface area contributed by atoms with Gasteiger partial charge in [-0.1, -0.05) is 6.08 Å². The van der Waals surface area contributed by atoms with E-state index in [0.29, 0.717) is 12.5 Å². The summed E-state index contributed by atoms with van der Waals surface area (Å²) in [7, 11) is 0. The van der Waals surface area contributed by atoms with Crippen LogP contribution in [-0.2, 0) is 9.53 Å². The van der Waals surface area contributed by atoms with Gasteiger partial charge in [0.15, 0.2) is 0 Å². The molecule has 144 valence electrons. The molecule has 2 atom stereocenters. The monoisotopic (exact) mass is 368 g/mol. The molecule has 1 aliphatic carbocycles. The van der Waals surface area contributed by atoms with Crippen LogP contribution in [0.2, 0.25) is 0 Å². The van der Waals surface area contributed by atoms with E-state index in [1.165, 1.54) is 18.2 Å². The zero-order valence-electron chi connectivity index (χ0n) is 15.0. The van der Waals surface area contributed by atoms with E-state index in [9.17, 15) is 13.6 Å². The molecule has 2 fully saturated rings. The van der Waals surface area contributed by atoms with E-state index >= 15 is 0 Å². The maximum absolute atomic E-state index is 13.7. The van der Waals surface area contributed by atoms with Crippen LogP contribution in [0, 0.1) is 17.2 Å². The number of hydrogen-bond donors (Lipinski definition) is 2. The van der Waals surface area contributed by atoms with Gasteiger partial charge in [0.05, 0.1) is 18.6 Å². The lowest BCUT2D eigenvalue weighted by Gasteiger charge is -2.39. The van der Waals surface area contributed by atoms with Crippen molar-refractivity contribution in [1.82, 2.24) is 4.90 Å². The highest BCUT2D eigenvalue weighted by Gasteiger charge is 2.43. The number of aliphatic imine (C=N–C) groups is 1. The van der Waals surface area contributed by atoms with Crippen molar-refractivity contribution in [2.75, 3.05) is 19.7 Å². The molecule has 6 nitrogen and oxygen atoms in total. The van der Waals surface area contributed by atoms with Crippen molar-refractivity contribution in [3.8, 4) is 0 Å². The van der Waals surface area contributed by atoms with Gasteiger partial charge in [0.1, 0.15) is 5.84 Å². The fourth-order valence-electron chi connectivity index (χ4n) is 2.67. The lowest BCUT2D eigenvalue weighted by Crippen LogP contribution is -2.51. The SMILES string of the molecule is C=C[C@H]1CN([C@@H](C)C(=O)N=C(N)/C=C\C(=N)OCC2CC2)CCC1(F)F. The molecule has 8 heteroatoms. The summed E-state index contributed by atoms with van der Waals surface area (Å²) in [5.74, 6) is -3.85. The molecular weight excluding hydrogens is 342 g/mol. The summed E-state index contributed by atoms with van der Waals surface area (Å²) >= 11 is 0. The molecule has 26 heavy (non-hydrogen) atoms. The van der Waals surface area contributed by atoms with Crippen molar-refractivity contribution in [1.29, 1.82) is 5.41 Å². The molecular formula is C18H26F2N4O2. The number of carbonyl (C=O) groups is 1. The second-order valence-electron chi connectivity index (χ2n) is 6.85. The molecule has 1 aliphatic heterocycles.